The summed E-state index contributed by atoms with van der Waals surface area (Å²) in [6.07, 6.45) is 2.50. The van der Waals surface area contributed by atoms with Crippen LogP contribution in [0.25, 0.3) is 0 Å². The van der Waals surface area contributed by atoms with E-state index >= 15 is 0 Å². The minimum absolute atomic E-state index is 0.0358. The Kier molecular flexibility index (Phi) is 4.48. The number of benzene rings is 2. The van der Waals surface area contributed by atoms with Gasteiger partial charge in [-0.15, -0.1) is 0 Å². The van der Waals surface area contributed by atoms with E-state index in [0.29, 0.717) is 49.8 Å². The number of fused-ring (bicyclic) bond motifs is 2. The molecule has 7 nitrogen and oxygen atoms in total. The summed E-state index contributed by atoms with van der Waals surface area (Å²) in [5.41, 5.74) is 2.48. The van der Waals surface area contributed by atoms with Crippen molar-refractivity contribution >= 4 is 21.6 Å². The Balaban J connectivity index is 1.47. The molecule has 1 amide bonds. The molecule has 2 aromatic rings. The van der Waals surface area contributed by atoms with Crippen molar-refractivity contribution < 1.29 is 22.7 Å². The van der Waals surface area contributed by atoms with Crippen molar-refractivity contribution in [2.45, 2.75) is 36.6 Å². The third-order valence-corrected chi connectivity index (χ3v) is 7.64. The maximum absolute atomic E-state index is 13.4. The molecular weight excluding hydrogens is 392 g/mol. The van der Waals surface area contributed by atoms with Gasteiger partial charge in [-0.2, -0.15) is 4.31 Å². The average Bonchev–Trinajstić information content (AvgIpc) is 3.24. The van der Waals surface area contributed by atoms with Crippen LogP contribution in [0.1, 0.15) is 36.4 Å². The minimum Gasteiger partial charge on any atom is -0.486 e. The van der Waals surface area contributed by atoms with Gasteiger partial charge in [-0.1, -0.05) is 6.07 Å². The zero-order chi connectivity index (χ0) is 20.0. The molecule has 1 fully saturated rings. The van der Waals surface area contributed by atoms with Crippen LogP contribution >= 0.6 is 0 Å². The van der Waals surface area contributed by atoms with Crippen LogP contribution in [-0.4, -0.2) is 38.4 Å². The number of carbonyl (C=O) groups excluding carboxylic acids is 1. The molecule has 8 heteroatoms. The predicted octanol–water partition coefficient (Wildman–Crippen LogP) is 2.87. The van der Waals surface area contributed by atoms with Crippen molar-refractivity contribution in [2.75, 3.05) is 25.1 Å². The fourth-order valence-corrected chi connectivity index (χ4v) is 6.02. The minimum atomic E-state index is -3.66. The fraction of sp³-hybridized carbons (Fsp3) is 0.381. The van der Waals surface area contributed by atoms with Crippen molar-refractivity contribution in [1.29, 1.82) is 0 Å². The Bertz CT molecular complexity index is 1080. The summed E-state index contributed by atoms with van der Waals surface area (Å²) in [7, 11) is -3.66. The molecule has 3 aliphatic heterocycles. The predicted molar refractivity (Wildman–Crippen MR) is 107 cm³/mol. The molecule has 1 saturated heterocycles. The monoisotopic (exact) mass is 414 g/mol. The fourth-order valence-electron chi connectivity index (χ4n) is 4.28. The second-order valence-electron chi connectivity index (χ2n) is 7.54. The maximum Gasteiger partial charge on any atom is 0.243 e. The number of aryl methyl sites for hydroxylation is 1. The van der Waals surface area contributed by atoms with Gasteiger partial charge in [0.1, 0.15) is 13.2 Å². The lowest BCUT2D eigenvalue weighted by molar-refractivity contribution is -0.116. The Morgan fingerprint density at radius 3 is 2.69 bits per heavy atom. The summed E-state index contributed by atoms with van der Waals surface area (Å²) in [6, 6.07) is 10.4. The Hall–Kier alpha value is -2.58. The lowest BCUT2D eigenvalue weighted by Gasteiger charge is -2.27. The van der Waals surface area contributed by atoms with Gasteiger partial charge in [-0.05, 0) is 60.7 Å². The van der Waals surface area contributed by atoms with Gasteiger partial charge in [0.15, 0.2) is 11.5 Å². The normalized spacial score (nSPS) is 21.5. The Labute approximate surface area is 169 Å². The van der Waals surface area contributed by atoms with Gasteiger partial charge in [0.25, 0.3) is 0 Å². The van der Waals surface area contributed by atoms with E-state index in [-0.39, 0.29) is 16.8 Å². The zero-order valence-electron chi connectivity index (χ0n) is 15.9. The lowest BCUT2D eigenvalue weighted by Crippen LogP contribution is -2.31. The van der Waals surface area contributed by atoms with E-state index in [1.807, 2.05) is 18.2 Å². The van der Waals surface area contributed by atoms with Gasteiger partial charge in [0.05, 0.1) is 10.9 Å². The average molecular weight is 414 g/mol. The topological polar surface area (TPSA) is 84.9 Å². The van der Waals surface area contributed by atoms with Gasteiger partial charge >= 0.3 is 0 Å². The molecular formula is C21H22N2O5S. The molecule has 2 aromatic carbocycles. The molecule has 1 N–H and O–H groups in total. The highest BCUT2D eigenvalue weighted by Crippen LogP contribution is 2.41. The number of nitrogens with one attached hydrogen (secondary N) is 1. The molecule has 5 rings (SSSR count). The first-order chi connectivity index (χ1) is 14.0. The number of carbonyl (C=O) groups is 1. The van der Waals surface area contributed by atoms with E-state index in [2.05, 4.69) is 5.32 Å². The van der Waals surface area contributed by atoms with E-state index < -0.39 is 10.0 Å². The molecule has 0 aromatic heterocycles. The zero-order valence-corrected chi connectivity index (χ0v) is 16.7. The van der Waals surface area contributed by atoms with Gasteiger partial charge in [0.2, 0.25) is 15.9 Å². The van der Waals surface area contributed by atoms with E-state index in [1.54, 1.807) is 22.5 Å². The number of nitrogens with zero attached hydrogens (tertiary/aromatic N) is 1. The van der Waals surface area contributed by atoms with Crippen LogP contribution in [0.4, 0.5) is 5.69 Å². The molecule has 1 atom stereocenters. The first-order valence-corrected chi connectivity index (χ1v) is 11.3. The number of amides is 1. The van der Waals surface area contributed by atoms with E-state index in [0.717, 1.165) is 24.0 Å². The first kappa shape index (κ1) is 18.4. The number of ether oxygens (including phenoxy) is 2. The number of hydrogen-bond acceptors (Lipinski definition) is 5. The van der Waals surface area contributed by atoms with Crippen LogP contribution in [0.2, 0.25) is 0 Å². The van der Waals surface area contributed by atoms with E-state index in [1.165, 1.54) is 0 Å². The quantitative estimate of drug-likeness (QED) is 0.835. The lowest BCUT2D eigenvalue weighted by atomic mass is 10.0. The van der Waals surface area contributed by atoms with Crippen LogP contribution in [-0.2, 0) is 21.2 Å². The molecule has 29 heavy (non-hydrogen) atoms. The molecule has 3 aliphatic rings. The largest absolute Gasteiger partial charge is 0.486 e. The third kappa shape index (κ3) is 3.26. The van der Waals surface area contributed by atoms with Gasteiger partial charge in [-0.25, -0.2) is 8.42 Å². The van der Waals surface area contributed by atoms with Crippen LogP contribution in [0.15, 0.2) is 41.3 Å². The smallest absolute Gasteiger partial charge is 0.243 e. The molecule has 152 valence electrons. The van der Waals surface area contributed by atoms with Gasteiger partial charge in [0, 0.05) is 18.7 Å². The van der Waals surface area contributed by atoms with Crippen molar-refractivity contribution in [3.63, 3.8) is 0 Å². The van der Waals surface area contributed by atoms with Crippen molar-refractivity contribution in [1.82, 2.24) is 4.31 Å². The Morgan fingerprint density at radius 2 is 1.83 bits per heavy atom. The summed E-state index contributed by atoms with van der Waals surface area (Å²) in [5.74, 6) is 1.33. The first-order valence-electron chi connectivity index (χ1n) is 9.86. The molecule has 0 unspecified atom stereocenters. The molecule has 0 radical (unpaired) electrons. The van der Waals surface area contributed by atoms with Crippen LogP contribution in [0.5, 0.6) is 11.5 Å². The second kappa shape index (κ2) is 7.03. The molecule has 0 spiro atoms. The molecule has 3 heterocycles. The van der Waals surface area contributed by atoms with Gasteiger partial charge in [-0.3, -0.25) is 4.79 Å². The van der Waals surface area contributed by atoms with Crippen molar-refractivity contribution in [2.24, 2.45) is 0 Å². The highest BCUT2D eigenvalue weighted by molar-refractivity contribution is 7.89. The third-order valence-electron chi connectivity index (χ3n) is 5.73. The highest BCUT2D eigenvalue weighted by atomic mass is 32.2. The molecule has 0 aliphatic carbocycles. The number of rotatable bonds is 3. The summed E-state index contributed by atoms with van der Waals surface area (Å²) < 4.78 is 39.7. The summed E-state index contributed by atoms with van der Waals surface area (Å²) in [6.45, 7) is 1.50. The van der Waals surface area contributed by atoms with E-state index in [9.17, 15) is 13.2 Å². The van der Waals surface area contributed by atoms with Crippen LogP contribution in [0, 0.1) is 0 Å². The standard InChI is InChI=1S/C21H22N2O5S/c24-21-8-4-14-12-16(5-6-17(14)22-21)29(25,26)23-9-1-2-18(23)15-3-7-19-20(13-15)28-11-10-27-19/h3,5-7,12-13,18H,1-2,4,8-11H2,(H,22,24)/t18-/m1/s1. The maximum atomic E-state index is 13.4. The van der Waals surface area contributed by atoms with Crippen LogP contribution in [0.3, 0.4) is 0 Å². The molecule has 0 saturated carbocycles. The van der Waals surface area contributed by atoms with Gasteiger partial charge < -0.3 is 14.8 Å². The van der Waals surface area contributed by atoms with Crippen molar-refractivity contribution in [3.8, 4) is 11.5 Å². The number of anilines is 1. The summed E-state index contributed by atoms with van der Waals surface area (Å²) in [5, 5.41) is 2.80. The number of hydrogen-bond donors (Lipinski definition) is 1. The highest BCUT2D eigenvalue weighted by Gasteiger charge is 2.37. The molecule has 0 bridgehead atoms. The Morgan fingerprint density at radius 1 is 1.00 bits per heavy atom. The van der Waals surface area contributed by atoms with Crippen LogP contribution < -0.4 is 14.8 Å². The SMILES string of the molecule is O=C1CCc2cc(S(=O)(=O)N3CCC[C@@H]3c3ccc4c(c3)OCCO4)ccc2N1. The number of sulfonamides is 1. The van der Waals surface area contributed by atoms with E-state index in [4.69, 9.17) is 9.47 Å². The summed E-state index contributed by atoms with van der Waals surface area (Å²) >= 11 is 0. The second-order valence-corrected chi connectivity index (χ2v) is 9.43. The van der Waals surface area contributed by atoms with Crippen molar-refractivity contribution in [3.05, 3.63) is 47.5 Å². The summed E-state index contributed by atoms with van der Waals surface area (Å²) in [4.78, 5) is 11.8.